The highest BCUT2D eigenvalue weighted by Gasteiger charge is 2.19. The number of aromatic amines is 1. The normalized spacial score (nSPS) is 12.0. The molecule has 0 radical (unpaired) electrons. The second kappa shape index (κ2) is 7.72. The van der Waals surface area contributed by atoms with Gasteiger partial charge >= 0.3 is 0 Å². The van der Waals surface area contributed by atoms with Gasteiger partial charge in [0.05, 0.1) is 12.4 Å². The molecule has 1 heterocycles. The van der Waals surface area contributed by atoms with Crippen LogP contribution in [0.3, 0.4) is 0 Å². The van der Waals surface area contributed by atoms with E-state index in [9.17, 15) is 4.79 Å². The first kappa shape index (κ1) is 17.5. The number of aromatic nitrogens is 3. The van der Waals surface area contributed by atoms with E-state index in [1.54, 1.807) is 31.4 Å². The molecule has 0 saturated carbocycles. The number of H-pyrrole nitrogens is 1. The van der Waals surface area contributed by atoms with E-state index in [4.69, 9.17) is 16.3 Å². The van der Waals surface area contributed by atoms with Gasteiger partial charge in [0.25, 0.3) is 0 Å². The second-order valence-corrected chi connectivity index (χ2v) is 7.07. The van der Waals surface area contributed by atoms with Crippen molar-refractivity contribution in [1.29, 1.82) is 0 Å². The maximum atomic E-state index is 12.5. The molecule has 7 heteroatoms. The van der Waals surface area contributed by atoms with Crippen molar-refractivity contribution in [3.63, 3.8) is 0 Å². The number of hydrogen-bond acceptors (Lipinski definition) is 5. The van der Waals surface area contributed by atoms with Crippen molar-refractivity contribution in [2.45, 2.75) is 17.3 Å². The topological polar surface area (TPSA) is 67.9 Å². The van der Waals surface area contributed by atoms with Gasteiger partial charge in [-0.15, -0.1) is 5.10 Å². The highest BCUT2D eigenvalue weighted by molar-refractivity contribution is 8.00. The van der Waals surface area contributed by atoms with Gasteiger partial charge in [0, 0.05) is 16.1 Å². The molecule has 0 saturated heterocycles. The Hall–Kier alpha value is -2.31. The van der Waals surface area contributed by atoms with Crippen LogP contribution in [0.2, 0.25) is 5.02 Å². The molecular formula is C18H16ClN3O2S. The summed E-state index contributed by atoms with van der Waals surface area (Å²) in [5, 5.41) is 7.92. The molecule has 25 heavy (non-hydrogen) atoms. The van der Waals surface area contributed by atoms with Crippen LogP contribution < -0.4 is 4.74 Å². The molecule has 1 N–H and O–H groups in total. The quantitative estimate of drug-likeness (QED) is 0.509. The first-order valence-electron chi connectivity index (χ1n) is 7.60. The number of hydrogen-bond donors (Lipinski definition) is 1. The van der Waals surface area contributed by atoms with Gasteiger partial charge in [-0.3, -0.25) is 9.89 Å². The molecule has 1 aromatic heterocycles. The lowest BCUT2D eigenvalue weighted by Crippen LogP contribution is -2.13. The number of methoxy groups -OCH3 is 1. The van der Waals surface area contributed by atoms with E-state index in [2.05, 4.69) is 15.2 Å². The molecule has 0 aliphatic rings. The Morgan fingerprint density at radius 1 is 1.16 bits per heavy atom. The number of nitrogens with zero attached hydrogens (tertiary/aromatic N) is 2. The van der Waals surface area contributed by atoms with E-state index in [1.165, 1.54) is 11.8 Å². The highest BCUT2D eigenvalue weighted by atomic mass is 35.5. The molecule has 1 atom stereocenters. The number of rotatable bonds is 6. The van der Waals surface area contributed by atoms with E-state index in [-0.39, 0.29) is 11.0 Å². The lowest BCUT2D eigenvalue weighted by atomic mass is 10.1. The van der Waals surface area contributed by atoms with E-state index < -0.39 is 0 Å². The van der Waals surface area contributed by atoms with Gasteiger partial charge in [-0.05, 0) is 55.5 Å². The van der Waals surface area contributed by atoms with Gasteiger partial charge in [-0.2, -0.15) is 0 Å². The molecule has 5 nitrogen and oxygen atoms in total. The van der Waals surface area contributed by atoms with Crippen LogP contribution in [0.4, 0.5) is 0 Å². The number of halogens is 1. The van der Waals surface area contributed by atoms with Crippen LogP contribution in [-0.2, 0) is 0 Å². The zero-order chi connectivity index (χ0) is 17.8. The Kier molecular flexibility index (Phi) is 5.40. The third kappa shape index (κ3) is 4.21. The van der Waals surface area contributed by atoms with E-state index in [1.807, 2.05) is 31.2 Å². The fraction of sp³-hybridized carbons (Fsp3) is 0.167. The fourth-order valence-electron chi connectivity index (χ4n) is 2.24. The van der Waals surface area contributed by atoms with Crippen molar-refractivity contribution in [3.05, 3.63) is 59.1 Å². The zero-order valence-electron chi connectivity index (χ0n) is 13.7. The number of benzene rings is 2. The van der Waals surface area contributed by atoms with Crippen molar-refractivity contribution in [3.8, 4) is 17.1 Å². The Bertz CT molecular complexity index is 863. The summed E-state index contributed by atoms with van der Waals surface area (Å²) < 4.78 is 5.14. The summed E-state index contributed by atoms with van der Waals surface area (Å²) in [4.78, 5) is 16.9. The lowest BCUT2D eigenvalue weighted by Gasteiger charge is -2.07. The minimum Gasteiger partial charge on any atom is -0.497 e. The van der Waals surface area contributed by atoms with E-state index >= 15 is 0 Å². The third-order valence-electron chi connectivity index (χ3n) is 3.61. The van der Waals surface area contributed by atoms with Gasteiger partial charge in [0.1, 0.15) is 5.75 Å². The predicted molar refractivity (Wildman–Crippen MR) is 99.5 cm³/mol. The van der Waals surface area contributed by atoms with Crippen LogP contribution in [0.25, 0.3) is 11.4 Å². The first-order valence-corrected chi connectivity index (χ1v) is 8.86. The van der Waals surface area contributed by atoms with Crippen LogP contribution in [0.15, 0.2) is 53.7 Å². The number of thioether (sulfide) groups is 1. The average Bonchev–Trinajstić information content (AvgIpc) is 3.10. The Morgan fingerprint density at radius 2 is 1.84 bits per heavy atom. The Morgan fingerprint density at radius 3 is 2.48 bits per heavy atom. The minimum absolute atomic E-state index is 0.0115. The number of nitrogens with one attached hydrogen (secondary N) is 1. The number of carbonyl (C=O) groups is 1. The Labute approximate surface area is 154 Å². The molecule has 2 aromatic carbocycles. The van der Waals surface area contributed by atoms with Gasteiger partial charge in [0.15, 0.2) is 11.6 Å². The highest BCUT2D eigenvalue weighted by Crippen LogP contribution is 2.26. The molecule has 0 aliphatic heterocycles. The second-order valence-electron chi connectivity index (χ2n) is 5.33. The van der Waals surface area contributed by atoms with Crippen LogP contribution in [0, 0.1) is 0 Å². The van der Waals surface area contributed by atoms with Crippen molar-refractivity contribution < 1.29 is 9.53 Å². The molecule has 0 amide bonds. The van der Waals surface area contributed by atoms with Crippen LogP contribution in [0.5, 0.6) is 5.75 Å². The molecule has 0 bridgehead atoms. The van der Waals surface area contributed by atoms with Crippen LogP contribution in [0.1, 0.15) is 17.3 Å². The molecule has 0 spiro atoms. The molecule has 0 fully saturated rings. The summed E-state index contributed by atoms with van der Waals surface area (Å²) in [6.45, 7) is 1.84. The fourth-order valence-corrected chi connectivity index (χ4v) is 3.17. The smallest absolute Gasteiger partial charge is 0.209 e. The van der Waals surface area contributed by atoms with Crippen LogP contribution in [-0.4, -0.2) is 33.3 Å². The lowest BCUT2D eigenvalue weighted by molar-refractivity contribution is 0.0994. The van der Waals surface area contributed by atoms with Crippen molar-refractivity contribution >= 4 is 29.1 Å². The van der Waals surface area contributed by atoms with Crippen molar-refractivity contribution in [2.24, 2.45) is 0 Å². The van der Waals surface area contributed by atoms with Gasteiger partial charge in [0.2, 0.25) is 5.16 Å². The van der Waals surface area contributed by atoms with Crippen molar-refractivity contribution in [1.82, 2.24) is 15.2 Å². The number of ether oxygens (including phenoxy) is 1. The van der Waals surface area contributed by atoms with Crippen molar-refractivity contribution in [2.75, 3.05) is 7.11 Å². The molecule has 128 valence electrons. The Balaban J connectivity index is 1.69. The van der Waals surface area contributed by atoms with Gasteiger partial charge in [-0.25, -0.2) is 4.98 Å². The standard InChI is InChI=1S/C18H16ClN3O2S/c1-11(16(23)12-3-7-14(19)8-4-12)25-18-20-17(21-22-18)13-5-9-15(24-2)10-6-13/h3-11H,1-2H3,(H,20,21,22). The monoisotopic (exact) mass is 373 g/mol. The molecule has 3 rings (SSSR count). The molecular weight excluding hydrogens is 358 g/mol. The van der Waals surface area contributed by atoms with Gasteiger partial charge in [-0.1, -0.05) is 23.4 Å². The predicted octanol–water partition coefficient (Wildman–Crippen LogP) is 4.50. The van der Waals surface area contributed by atoms with Gasteiger partial charge < -0.3 is 4.74 Å². The van der Waals surface area contributed by atoms with E-state index in [0.717, 1.165) is 11.3 Å². The summed E-state index contributed by atoms with van der Waals surface area (Å²) in [7, 11) is 1.62. The SMILES string of the molecule is COc1ccc(-c2nc(SC(C)C(=O)c3ccc(Cl)cc3)n[nH]2)cc1. The maximum Gasteiger partial charge on any atom is 0.209 e. The summed E-state index contributed by atoms with van der Waals surface area (Å²) in [5.41, 5.74) is 1.52. The number of carbonyl (C=O) groups excluding carboxylic acids is 1. The summed E-state index contributed by atoms with van der Waals surface area (Å²) >= 11 is 7.17. The number of ketones is 1. The average molecular weight is 374 g/mol. The van der Waals surface area contributed by atoms with Crippen LogP contribution >= 0.6 is 23.4 Å². The molecule has 0 aliphatic carbocycles. The summed E-state index contributed by atoms with van der Waals surface area (Å²) in [5.74, 6) is 1.44. The maximum absolute atomic E-state index is 12.5. The molecule has 3 aromatic rings. The zero-order valence-corrected chi connectivity index (χ0v) is 15.3. The largest absolute Gasteiger partial charge is 0.497 e. The number of Topliss-reactive ketones (excluding diaryl/α,β-unsaturated/α-hetero) is 1. The minimum atomic E-state index is -0.305. The summed E-state index contributed by atoms with van der Waals surface area (Å²) in [6.07, 6.45) is 0. The third-order valence-corrected chi connectivity index (χ3v) is 4.82. The molecule has 1 unspecified atom stereocenters. The summed E-state index contributed by atoms with van der Waals surface area (Å²) in [6, 6.07) is 14.4. The first-order chi connectivity index (χ1) is 12.1. The van der Waals surface area contributed by atoms with E-state index in [0.29, 0.717) is 21.6 Å².